The summed E-state index contributed by atoms with van der Waals surface area (Å²) in [5, 5.41) is 12.1. The normalized spacial score (nSPS) is 12.2. The summed E-state index contributed by atoms with van der Waals surface area (Å²) in [6.45, 7) is 4.29. The molecule has 0 aliphatic rings. The summed E-state index contributed by atoms with van der Waals surface area (Å²) < 4.78 is 5.22. The van der Waals surface area contributed by atoms with Crippen molar-refractivity contribution in [3.63, 3.8) is 0 Å². The van der Waals surface area contributed by atoms with Crippen molar-refractivity contribution < 1.29 is 14.6 Å². The minimum atomic E-state index is -0.813. The van der Waals surface area contributed by atoms with E-state index in [0.717, 1.165) is 22.4 Å². The van der Waals surface area contributed by atoms with Crippen LogP contribution in [-0.4, -0.2) is 31.8 Å². The van der Waals surface area contributed by atoms with E-state index >= 15 is 0 Å². The Morgan fingerprint density at radius 3 is 2.53 bits per heavy atom. The molecule has 1 atom stereocenters. The Balaban J connectivity index is 3.21. The van der Waals surface area contributed by atoms with Gasteiger partial charge in [0.25, 0.3) is 0 Å². The van der Waals surface area contributed by atoms with Crippen LogP contribution in [0.4, 0.5) is 0 Å². The van der Waals surface area contributed by atoms with Gasteiger partial charge in [-0.05, 0) is 43.7 Å². The molecule has 17 heavy (non-hydrogen) atoms. The van der Waals surface area contributed by atoms with Crippen LogP contribution in [0.3, 0.4) is 0 Å². The zero-order valence-corrected chi connectivity index (χ0v) is 10.7. The van der Waals surface area contributed by atoms with Crippen molar-refractivity contribution in [1.29, 1.82) is 0 Å². The molecule has 0 amide bonds. The molecule has 0 aromatic heterocycles. The Morgan fingerprint density at radius 1 is 1.41 bits per heavy atom. The van der Waals surface area contributed by atoms with Gasteiger partial charge in [-0.15, -0.1) is 0 Å². The number of hydrogen-bond acceptors (Lipinski definition) is 3. The maximum Gasteiger partial charge on any atom is 0.312 e. The first kappa shape index (κ1) is 13.5. The van der Waals surface area contributed by atoms with E-state index in [1.165, 1.54) is 0 Å². The lowest BCUT2D eigenvalue weighted by molar-refractivity contribution is -0.138. The van der Waals surface area contributed by atoms with E-state index in [-0.39, 0.29) is 0 Å². The van der Waals surface area contributed by atoms with Gasteiger partial charge >= 0.3 is 5.97 Å². The maximum atomic E-state index is 11.2. The molecule has 1 aromatic carbocycles. The van der Waals surface area contributed by atoms with E-state index in [4.69, 9.17) is 4.74 Å². The molecule has 1 aromatic rings. The second-order valence-corrected chi connectivity index (χ2v) is 4.06. The number of ether oxygens (including phenoxy) is 1. The highest BCUT2D eigenvalue weighted by Gasteiger charge is 2.22. The van der Waals surface area contributed by atoms with E-state index < -0.39 is 11.9 Å². The molecule has 0 bridgehead atoms. The van der Waals surface area contributed by atoms with Gasteiger partial charge in [-0.1, -0.05) is 6.07 Å². The highest BCUT2D eigenvalue weighted by molar-refractivity contribution is 5.77. The summed E-state index contributed by atoms with van der Waals surface area (Å²) in [5.41, 5.74) is 2.81. The van der Waals surface area contributed by atoms with Crippen molar-refractivity contribution in [2.45, 2.75) is 19.8 Å². The topological polar surface area (TPSA) is 58.6 Å². The van der Waals surface area contributed by atoms with Gasteiger partial charge in [0, 0.05) is 6.54 Å². The lowest BCUT2D eigenvalue weighted by Crippen LogP contribution is -2.25. The van der Waals surface area contributed by atoms with E-state index in [9.17, 15) is 9.90 Å². The Morgan fingerprint density at radius 2 is 2.06 bits per heavy atom. The summed E-state index contributed by atoms with van der Waals surface area (Å²) in [7, 11) is 3.37. The number of carbonyl (C=O) groups is 1. The zero-order chi connectivity index (χ0) is 13.0. The Hall–Kier alpha value is -1.55. The number of carboxylic acids is 1. The average molecular weight is 237 g/mol. The molecular weight excluding hydrogens is 218 g/mol. The van der Waals surface area contributed by atoms with Crippen LogP contribution in [0.25, 0.3) is 0 Å². The lowest BCUT2D eigenvalue weighted by atomic mass is 9.91. The summed E-state index contributed by atoms with van der Waals surface area (Å²) in [4.78, 5) is 11.2. The SMILES string of the molecule is CNCC(C(=O)O)c1ccc(OC)c(C)c1C. The number of nitrogens with one attached hydrogen (secondary N) is 1. The predicted octanol–water partition coefficient (Wildman–Crippen LogP) is 1.70. The molecule has 4 heteroatoms. The average Bonchev–Trinajstić information content (AvgIpc) is 2.30. The molecule has 94 valence electrons. The number of benzene rings is 1. The van der Waals surface area contributed by atoms with Gasteiger partial charge in [0.05, 0.1) is 13.0 Å². The molecule has 0 aliphatic heterocycles. The van der Waals surface area contributed by atoms with Gasteiger partial charge in [0.2, 0.25) is 0 Å². The van der Waals surface area contributed by atoms with Crippen LogP contribution in [0.15, 0.2) is 12.1 Å². The van der Waals surface area contributed by atoms with Crippen LogP contribution >= 0.6 is 0 Å². The fourth-order valence-corrected chi connectivity index (χ4v) is 1.95. The van der Waals surface area contributed by atoms with Crippen molar-refractivity contribution in [3.8, 4) is 5.75 Å². The van der Waals surface area contributed by atoms with Gasteiger partial charge in [-0.25, -0.2) is 0 Å². The van der Waals surface area contributed by atoms with Crippen molar-refractivity contribution in [3.05, 3.63) is 28.8 Å². The smallest absolute Gasteiger partial charge is 0.312 e. The van der Waals surface area contributed by atoms with E-state index in [1.807, 2.05) is 26.0 Å². The van der Waals surface area contributed by atoms with Crippen LogP contribution in [-0.2, 0) is 4.79 Å². The van der Waals surface area contributed by atoms with Crippen LogP contribution in [0.1, 0.15) is 22.6 Å². The molecule has 2 N–H and O–H groups in total. The molecule has 0 fully saturated rings. The zero-order valence-electron chi connectivity index (χ0n) is 10.7. The standard InChI is InChI=1S/C13H19NO3/c1-8-9(2)12(17-4)6-5-10(8)11(7-14-3)13(15)16/h5-6,11,14H,7H2,1-4H3,(H,15,16). The Labute approximate surface area is 102 Å². The molecule has 1 unspecified atom stereocenters. The summed E-state index contributed by atoms with van der Waals surface area (Å²) >= 11 is 0. The lowest BCUT2D eigenvalue weighted by Gasteiger charge is -2.18. The van der Waals surface area contributed by atoms with Crippen LogP contribution in [0.2, 0.25) is 0 Å². The second kappa shape index (κ2) is 5.68. The van der Waals surface area contributed by atoms with Crippen molar-refractivity contribution in [2.75, 3.05) is 20.7 Å². The minimum absolute atomic E-state index is 0.419. The number of methoxy groups -OCH3 is 1. The van der Waals surface area contributed by atoms with Crippen molar-refractivity contribution in [1.82, 2.24) is 5.32 Å². The van der Waals surface area contributed by atoms with E-state index in [2.05, 4.69) is 5.32 Å². The molecule has 0 saturated heterocycles. The van der Waals surface area contributed by atoms with E-state index in [0.29, 0.717) is 6.54 Å². The Kier molecular flexibility index (Phi) is 4.52. The second-order valence-electron chi connectivity index (χ2n) is 4.06. The molecule has 0 spiro atoms. The number of carboxylic acid groups (broad SMARTS) is 1. The molecule has 0 radical (unpaired) electrons. The Bertz CT molecular complexity index is 415. The molecular formula is C13H19NO3. The number of hydrogen-bond donors (Lipinski definition) is 2. The quantitative estimate of drug-likeness (QED) is 0.818. The first-order valence-electron chi connectivity index (χ1n) is 5.54. The third-order valence-electron chi connectivity index (χ3n) is 3.08. The largest absolute Gasteiger partial charge is 0.496 e. The highest BCUT2D eigenvalue weighted by atomic mass is 16.5. The molecule has 0 aliphatic carbocycles. The predicted molar refractivity (Wildman–Crippen MR) is 66.8 cm³/mol. The maximum absolute atomic E-state index is 11.2. The number of aliphatic carboxylic acids is 1. The van der Waals surface area contributed by atoms with Crippen molar-refractivity contribution in [2.24, 2.45) is 0 Å². The molecule has 4 nitrogen and oxygen atoms in total. The summed E-state index contributed by atoms with van der Waals surface area (Å²) in [5.74, 6) is -0.545. The summed E-state index contributed by atoms with van der Waals surface area (Å²) in [6.07, 6.45) is 0. The third-order valence-corrected chi connectivity index (χ3v) is 3.08. The monoisotopic (exact) mass is 237 g/mol. The fourth-order valence-electron chi connectivity index (χ4n) is 1.95. The van der Waals surface area contributed by atoms with Gasteiger partial charge < -0.3 is 15.2 Å². The van der Waals surface area contributed by atoms with Crippen LogP contribution < -0.4 is 10.1 Å². The van der Waals surface area contributed by atoms with Crippen molar-refractivity contribution >= 4 is 5.97 Å². The first-order chi connectivity index (χ1) is 8.02. The van der Waals surface area contributed by atoms with Gasteiger partial charge in [0.1, 0.15) is 5.75 Å². The summed E-state index contributed by atoms with van der Waals surface area (Å²) in [6, 6.07) is 3.65. The highest BCUT2D eigenvalue weighted by Crippen LogP contribution is 2.28. The molecule has 0 saturated carbocycles. The number of likely N-dealkylation sites (N-methyl/N-ethyl adjacent to an activating group) is 1. The van der Waals surface area contributed by atoms with Gasteiger partial charge in [-0.3, -0.25) is 4.79 Å². The molecule has 0 heterocycles. The third kappa shape index (κ3) is 2.77. The molecule has 1 rings (SSSR count). The fraction of sp³-hybridized carbons (Fsp3) is 0.462. The van der Waals surface area contributed by atoms with E-state index in [1.54, 1.807) is 14.2 Å². The van der Waals surface area contributed by atoms with Gasteiger partial charge in [0.15, 0.2) is 0 Å². The van der Waals surface area contributed by atoms with Gasteiger partial charge in [-0.2, -0.15) is 0 Å². The van der Waals surface area contributed by atoms with Crippen LogP contribution in [0.5, 0.6) is 5.75 Å². The number of rotatable bonds is 5. The van der Waals surface area contributed by atoms with Crippen LogP contribution in [0, 0.1) is 13.8 Å². The first-order valence-corrected chi connectivity index (χ1v) is 5.54. The minimum Gasteiger partial charge on any atom is -0.496 e.